The fourth-order valence-electron chi connectivity index (χ4n) is 2.46. The van der Waals surface area contributed by atoms with Gasteiger partial charge in [0.15, 0.2) is 0 Å². The smallest absolute Gasteiger partial charge is 0.248 e. The van der Waals surface area contributed by atoms with Gasteiger partial charge in [0.1, 0.15) is 11.6 Å². The minimum atomic E-state index is -0.298. The van der Waals surface area contributed by atoms with E-state index in [4.69, 9.17) is 0 Å². The van der Waals surface area contributed by atoms with Crippen molar-refractivity contribution in [2.75, 3.05) is 23.3 Å². The number of benzene rings is 1. The van der Waals surface area contributed by atoms with Crippen LogP contribution in [0, 0.1) is 5.82 Å². The molecular weight excluding hydrogens is 317 g/mol. The zero-order valence-electron chi connectivity index (χ0n) is 14.7. The highest BCUT2D eigenvalue weighted by atomic mass is 19.1. The van der Waals surface area contributed by atoms with Crippen LogP contribution in [0.3, 0.4) is 0 Å². The molecule has 1 aromatic heterocycles. The average Bonchev–Trinajstić information content (AvgIpc) is 2.62. The van der Waals surface area contributed by atoms with Crippen LogP contribution in [0.15, 0.2) is 48.7 Å². The number of anilines is 2. The van der Waals surface area contributed by atoms with E-state index in [1.54, 1.807) is 24.4 Å². The Labute approximate surface area is 148 Å². The molecule has 0 spiro atoms. The Balaban J connectivity index is 1.95. The SMILES string of the molecule is CCCN(CCC)c1ccc(NC(=O)/C=C/c2ccc(F)cc2)cn1. The van der Waals surface area contributed by atoms with Crippen molar-refractivity contribution >= 4 is 23.5 Å². The van der Waals surface area contributed by atoms with Gasteiger partial charge in [-0.25, -0.2) is 9.37 Å². The number of carbonyl (C=O) groups excluding carboxylic acids is 1. The Hall–Kier alpha value is -2.69. The number of hydrogen-bond acceptors (Lipinski definition) is 3. The fraction of sp³-hybridized carbons (Fsp3) is 0.300. The Kier molecular flexibility index (Phi) is 7.14. The summed E-state index contributed by atoms with van der Waals surface area (Å²) in [4.78, 5) is 18.6. The third-order valence-corrected chi connectivity index (χ3v) is 3.62. The predicted octanol–water partition coefficient (Wildman–Crippen LogP) is 4.50. The second kappa shape index (κ2) is 9.57. The van der Waals surface area contributed by atoms with Gasteiger partial charge in [0.25, 0.3) is 0 Å². The van der Waals surface area contributed by atoms with Gasteiger partial charge in [0, 0.05) is 19.2 Å². The summed E-state index contributed by atoms with van der Waals surface area (Å²) in [5.74, 6) is 0.370. The summed E-state index contributed by atoms with van der Waals surface area (Å²) in [5, 5.41) is 2.77. The molecule has 4 nitrogen and oxygen atoms in total. The van der Waals surface area contributed by atoms with Crippen LogP contribution in [0.25, 0.3) is 6.08 Å². The second-order valence-electron chi connectivity index (χ2n) is 5.77. The van der Waals surface area contributed by atoms with Gasteiger partial charge in [0.05, 0.1) is 11.9 Å². The van der Waals surface area contributed by atoms with Gasteiger partial charge < -0.3 is 10.2 Å². The molecule has 0 atom stereocenters. The van der Waals surface area contributed by atoms with Crippen molar-refractivity contribution in [1.29, 1.82) is 0 Å². The lowest BCUT2D eigenvalue weighted by Gasteiger charge is -2.22. The maximum atomic E-state index is 12.8. The molecule has 0 radical (unpaired) electrons. The van der Waals surface area contributed by atoms with E-state index in [1.807, 2.05) is 12.1 Å². The summed E-state index contributed by atoms with van der Waals surface area (Å²) in [6, 6.07) is 9.73. The molecule has 0 aliphatic rings. The molecule has 0 aliphatic heterocycles. The topological polar surface area (TPSA) is 45.2 Å². The second-order valence-corrected chi connectivity index (χ2v) is 5.77. The normalized spacial score (nSPS) is 10.8. The van der Waals surface area contributed by atoms with Gasteiger partial charge in [-0.1, -0.05) is 26.0 Å². The first kappa shape index (κ1) is 18.6. The number of amides is 1. The van der Waals surface area contributed by atoms with Crippen LogP contribution >= 0.6 is 0 Å². The van der Waals surface area contributed by atoms with E-state index >= 15 is 0 Å². The zero-order valence-corrected chi connectivity index (χ0v) is 14.7. The van der Waals surface area contributed by atoms with Crippen LogP contribution < -0.4 is 10.2 Å². The van der Waals surface area contributed by atoms with E-state index in [0.717, 1.165) is 37.3 Å². The molecule has 0 saturated carbocycles. The third kappa shape index (κ3) is 6.03. The molecule has 1 N–H and O–H groups in total. The maximum absolute atomic E-state index is 12.8. The lowest BCUT2D eigenvalue weighted by Crippen LogP contribution is -2.25. The Morgan fingerprint density at radius 2 is 1.80 bits per heavy atom. The Morgan fingerprint density at radius 3 is 2.36 bits per heavy atom. The number of halogens is 1. The largest absolute Gasteiger partial charge is 0.357 e. The van der Waals surface area contributed by atoms with Crippen molar-refractivity contribution in [1.82, 2.24) is 4.98 Å². The maximum Gasteiger partial charge on any atom is 0.248 e. The molecule has 0 bridgehead atoms. The van der Waals surface area contributed by atoms with Crippen molar-refractivity contribution in [2.45, 2.75) is 26.7 Å². The van der Waals surface area contributed by atoms with Crippen LogP contribution in [-0.2, 0) is 4.79 Å². The minimum Gasteiger partial charge on any atom is -0.357 e. The van der Waals surface area contributed by atoms with Crippen molar-refractivity contribution < 1.29 is 9.18 Å². The monoisotopic (exact) mass is 341 g/mol. The van der Waals surface area contributed by atoms with Gasteiger partial charge in [-0.2, -0.15) is 0 Å². The standard InChI is InChI=1S/C20H24FN3O/c1-3-13-24(14-4-2)19-11-10-18(15-22-19)23-20(25)12-7-16-5-8-17(21)9-6-16/h5-12,15H,3-4,13-14H2,1-2H3,(H,23,25)/b12-7+. The first-order valence-corrected chi connectivity index (χ1v) is 8.58. The van der Waals surface area contributed by atoms with E-state index in [1.165, 1.54) is 18.2 Å². The van der Waals surface area contributed by atoms with Gasteiger partial charge in [-0.15, -0.1) is 0 Å². The molecule has 5 heteroatoms. The van der Waals surface area contributed by atoms with Crippen LogP contribution in [0.1, 0.15) is 32.3 Å². The molecule has 1 heterocycles. The number of nitrogens with zero attached hydrogens (tertiary/aromatic N) is 2. The van der Waals surface area contributed by atoms with Crippen molar-refractivity contribution in [3.8, 4) is 0 Å². The highest BCUT2D eigenvalue weighted by Gasteiger charge is 2.06. The van der Waals surface area contributed by atoms with E-state index in [-0.39, 0.29) is 11.7 Å². The van der Waals surface area contributed by atoms with Crippen LogP contribution in [0.5, 0.6) is 0 Å². The van der Waals surface area contributed by atoms with Crippen LogP contribution in [0.2, 0.25) is 0 Å². The summed E-state index contributed by atoms with van der Waals surface area (Å²) in [5.41, 5.74) is 1.41. The quantitative estimate of drug-likeness (QED) is 0.719. The number of hydrogen-bond donors (Lipinski definition) is 1. The summed E-state index contributed by atoms with van der Waals surface area (Å²) >= 11 is 0. The Bertz CT molecular complexity index is 690. The minimum absolute atomic E-state index is 0.252. The first-order valence-electron chi connectivity index (χ1n) is 8.58. The molecule has 0 saturated heterocycles. The lowest BCUT2D eigenvalue weighted by molar-refractivity contribution is -0.111. The van der Waals surface area contributed by atoms with Crippen LogP contribution in [-0.4, -0.2) is 24.0 Å². The average molecular weight is 341 g/mol. The molecule has 1 amide bonds. The molecule has 0 fully saturated rings. The molecule has 0 aliphatic carbocycles. The number of carbonyl (C=O) groups is 1. The van der Waals surface area contributed by atoms with Crippen LogP contribution in [0.4, 0.5) is 15.9 Å². The van der Waals surface area contributed by atoms with Gasteiger partial charge >= 0.3 is 0 Å². The van der Waals surface area contributed by atoms with E-state index in [2.05, 4.69) is 29.0 Å². The van der Waals surface area contributed by atoms with Crippen molar-refractivity contribution in [3.63, 3.8) is 0 Å². The molecule has 2 rings (SSSR count). The number of pyridine rings is 1. The summed E-state index contributed by atoms with van der Waals surface area (Å²) in [6.07, 6.45) is 6.85. The molecule has 132 valence electrons. The van der Waals surface area contributed by atoms with E-state index < -0.39 is 0 Å². The predicted molar refractivity (Wildman–Crippen MR) is 101 cm³/mol. The number of nitrogens with one attached hydrogen (secondary N) is 1. The van der Waals surface area contributed by atoms with Gasteiger partial charge in [-0.3, -0.25) is 4.79 Å². The first-order chi connectivity index (χ1) is 12.1. The zero-order chi connectivity index (χ0) is 18.1. The van der Waals surface area contributed by atoms with Crippen molar-refractivity contribution in [3.05, 3.63) is 60.1 Å². The van der Waals surface area contributed by atoms with Crippen molar-refractivity contribution in [2.24, 2.45) is 0 Å². The summed E-state index contributed by atoms with van der Waals surface area (Å²) < 4.78 is 12.8. The van der Waals surface area contributed by atoms with E-state index in [9.17, 15) is 9.18 Å². The lowest BCUT2D eigenvalue weighted by atomic mass is 10.2. The van der Waals surface area contributed by atoms with Gasteiger partial charge in [0.2, 0.25) is 5.91 Å². The molecule has 25 heavy (non-hydrogen) atoms. The summed E-state index contributed by atoms with van der Waals surface area (Å²) in [6.45, 7) is 6.22. The Morgan fingerprint density at radius 1 is 1.12 bits per heavy atom. The molecule has 0 unspecified atom stereocenters. The third-order valence-electron chi connectivity index (χ3n) is 3.62. The number of rotatable bonds is 8. The van der Waals surface area contributed by atoms with Gasteiger partial charge in [-0.05, 0) is 48.7 Å². The number of aromatic nitrogens is 1. The molecule has 1 aromatic carbocycles. The molecular formula is C20H24FN3O. The van der Waals surface area contributed by atoms with E-state index in [0.29, 0.717) is 5.69 Å². The highest BCUT2D eigenvalue weighted by Crippen LogP contribution is 2.15. The summed E-state index contributed by atoms with van der Waals surface area (Å²) in [7, 11) is 0. The molecule has 2 aromatic rings. The fourth-order valence-corrected chi connectivity index (χ4v) is 2.46. The highest BCUT2D eigenvalue weighted by molar-refractivity contribution is 6.01.